The highest BCUT2D eigenvalue weighted by Gasteiger charge is 2.15. The summed E-state index contributed by atoms with van der Waals surface area (Å²) < 4.78 is 0.812. The number of phenols is 1. The smallest absolute Gasteiger partial charge is 0.297 e. The Bertz CT molecular complexity index is 1280. The number of azo groups is 1. The summed E-state index contributed by atoms with van der Waals surface area (Å²) in [5.41, 5.74) is 2.73. The Morgan fingerprint density at radius 3 is 2.66 bits per heavy atom. The van der Waals surface area contributed by atoms with Gasteiger partial charge >= 0.3 is 0 Å². The summed E-state index contributed by atoms with van der Waals surface area (Å²) >= 11 is 3.37. The highest BCUT2D eigenvalue weighted by Crippen LogP contribution is 2.37. The predicted molar refractivity (Wildman–Crippen MR) is 113 cm³/mol. The van der Waals surface area contributed by atoms with Gasteiger partial charge in [0.05, 0.1) is 22.5 Å². The van der Waals surface area contributed by atoms with E-state index in [-0.39, 0.29) is 22.9 Å². The van der Waals surface area contributed by atoms with Gasteiger partial charge in [-0.05, 0) is 49.4 Å². The number of aryl methyl sites for hydroxylation is 1. The number of halogens is 1. The Morgan fingerprint density at radius 2 is 1.90 bits per heavy atom. The van der Waals surface area contributed by atoms with Crippen molar-refractivity contribution in [1.29, 1.82) is 0 Å². The predicted octanol–water partition coefficient (Wildman–Crippen LogP) is 5.64. The molecule has 4 rings (SSSR count). The summed E-state index contributed by atoms with van der Waals surface area (Å²) in [6.45, 7) is 1.69. The molecular formula is C21H15BrN4O3. The number of nitrogens with zero attached hydrogens (tertiary/aromatic N) is 3. The standard InChI is InChI=1S/C21H15BrN4O3/c1-11-13(7-9-16(23-11)14-4-2-3-5-18(14)27)20(28)26-25-19-15-10-12(22)6-8-17(15)24-21(19)29/h2-10,24,27,29H,1H3. The zero-order chi connectivity index (χ0) is 20.5. The van der Waals surface area contributed by atoms with Gasteiger partial charge in [0.2, 0.25) is 5.88 Å². The highest BCUT2D eigenvalue weighted by molar-refractivity contribution is 9.10. The minimum Gasteiger partial charge on any atom is -0.507 e. The fraction of sp³-hybridized carbons (Fsp3) is 0.0476. The third kappa shape index (κ3) is 3.62. The average molecular weight is 451 g/mol. The van der Waals surface area contributed by atoms with E-state index in [1.807, 2.05) is 6.07 Å². The molecule has 3 N–H and O–H groups in total. The monoisotopic (exact) mass is 450 g/mol. The molecule has 0 saturated carbocycles. The highest BCUT2D eigenvalue weighted by atomic mass is 79.9. The van der Waals surface area contributed by atoms with Gasteiger partial charge in [0.15, 0.2) is 5.69 Å². The van der Waals surface area contributed by atoms with Crippen LogP contribution in [0.1, 0.15) is 16.1 Å². The molecule has 8 heteroatoms. The second-order valence-electron chi connectivity index (χ2n) is 6.36. The topological polar surface area (TPSA) is 111 Å². The lowest BCUT2D eigenvalue weighted by atomic mass is 10.1. The molecule has 2 heterocycles. The van der Waals surface area contributed by atoms with Crippen molar-refractivity contribution in [2.75, 3.05) is 0 Å². The van der Waals surface area contributed by atoms with Gasteiger partial charge in [-0.25, -0.2) is 0 Å². The summed E-state index contributed by atoms with van der Waals surface area (Å²) in [4.78, 5) is 19.7. The van der Waals surface area contributed by atoms with Gasteiger partial charge in [-0.15, -0.1) is 10.2 Å². The third-order valence-electron chi connectivity index (χ3n) is 4.45. The first kappa shape index (κ1) is 18.8. The largest absolute Gasteiger partial charge is 0.507 e. The molecule has 0 atom stereocenters. The van der Waals surface area contributed by atoms with Crippen LogP contribution < -0.4 is 0 Å². The van der Waals surface area contributed by atoms with Crippen molar-refractivity contribution in [3.63, 3.8) is 0 Å². The van der Waals surface area contributed by atoms with Crippen LogP contribution in [0.5, 0.6) is 11.6 Å². The first-order valence-corrected chi connectivity index (χ1v) is 9.45. The van der Waals surface area contributed by atoms with E-state index in [0.717, 1.165) is 4.47 Å². The molecule has 7 nitrogen and oxygen atoms in total. The number of carbonyl (C=O) groups is 1. The number of amides is 1. The second kappa shape index (κ2) is 7.48. The number of aromatic nitrogens is 2. The lowest BCUT2D eigenvalue weighted by Crippen LogP contribution is -2.00. The molecule has 2 aromatic carbocycles. The van der Waals surface area contributed by atoms with E-state index in [0.29, 0.717) is 27.9 Å². The number of hydrogen-bond donors (Lipinski definition) is 3. The molecule has 144 valence electrons. The molecule has 29 heavy (non-hydrogen) atoms. The number of aromatic amines is 1. The first-order chi connectivity index (χ1) is 13.9. The number of nitrogens with one attached hydrogen (secondary N) is 1. The minimum absolute atomic E-state index is 0.110. The molecule has 0 bridgehead atoms. The Balaban J connectivity index is 1.65. The average Bonchev–Trinajstić information content (AvgIpc) is 3.00. The van der Waals surface area contributed by atoms with Crippen LogP contribution in [0.3, 0.4) is 0 Å². The van der Waals surface area contributed by atoms with Crippen molar-refractivity contribution in [2.24, 2.45) is 10.2 Å². The van der Waals surface area contributed by atoms with Crippen molar-refractivity contribution in [2.45, 2.75) is 6.92 Å². The van der Waals surface area contributed by atoms with Crippen molar-refractivity contribution in [3.8, 4) is 22.9 Å². The van der Waals surface area contributed by atoms with Crippen LogP contribution in [0.25, 0.3) is 22.2 Å². The van der Waals surface area contributed by atoms with Gasteiger partial charge in [0.25, 0.3) is 5.91 Å². The number of H-pyrrole nitrogens is 1. The maximum absolute atomic E-state index is 12.5. The Morgan fingerprint density at radius 1 is 1.10 bits per heavy atom. The number of aromatic hydroxyl groups is 2. The summed E-state index contributed by atoms with van der Waals surface area (Å²) in [5, 5.41) is 28.4. The molecule has 4 aromatic rings. The number of phenolic OH excluding ortho intramolecular Hbond substituents is 1. The number of benzene rings is 2. The fourth-order valence-corrected chi connectivity index (χ4v) is 3.37. The summed E-state index contributed by atoms with van der Waals surface area (Å²) in [6.07, 6.45) is 0. The van der Waals surface area contributed by atoms with Crippen LogP contribution in [0.15, 0.2) is 69.3 Å². The van der Waals surface area contributed by atoms with Crippen molar-refractivity contribution >= 4 is 38.4 Å². The van der Waals surface area contributed by atoms with Crippen LogP contribution >= 0.6 is 15.9 Å². The SMILES string of the molecule is Cc1nc(-c2ccccc2O)ccc1C(=O)N=Nc1c(O)[nH]c2ccc(Br)cc12. The first-order valence-electron chi connectivity index (χ1n) is 8.66. The van der Waals surface area contributed by atoms with Gasteiger partial charge in [-0.3, -0.25) is 9.78 Å². The van der Waals surface area contributed by atoms with Gasteiger partial charge < -0.3 is 15.2 Å². The van der Waals surface area contributed by atoms with E-state index >= 15 is 0 Å². The van der Waals surface area contributed by atoms with E-state index in [1.54, 1.807) is 55.5 Å². The van der Waals surface area contributed by atoms with Crippen molar-refractivity contribution < 1.29 is 15.0 Å². The van der Waals surface area contributed by atoms with Gasteiger partial charge in [-0.1, -0.05) is 28.1 Å². The van der Waals surface area contributed by atoms with Crippen LogP contribution in [0.2, 0.25) is 0 Å². The maximum atomic E-state index is 12.5. The van der Waals surface area contributed by atoms with Gasteiger partial charge in [-0.2, -0.15) is 0 Å². The number of rotatable bonds is 3. The molecule has 0 spiro atoms. The van der Waals surface area contributed by atoms with Crippen LogP contribution in [-0.2, 0) is 0 Å². The lowest BCUT2D eigenvalue weighted by molar-refractivity contribution is 0.0994. The number of carbonyl (C=O) groups excluding carboxylic acids is 1. The van der Waals surface area contributed by atoms with Crippen LogP contribution in [0.4, 0.5) is 5.69 Å². The fourth-order valence-electron chi connectivity index (χ4n) is 3.01. The van der Waals surface area contributed by atoms with E-state index in [2.05, 4.69) is 36.1 Å². The van der Waals surface area contributed by atoms with Gasteiger partial charge in [0.1, 0.15) is 5.75 Å². The lowest BCUT2D eigenvalue weighted by Gasteiger charge is -2.06. The maximum Gasteiger partial charge on any atom is 0.297 e. The quantitative estimate of drug-likeness (QED) is 0.350. The molecular weight excluding hydrogens is 436 g/mol. The molecule has 0 unspecified atom stereocenters. The number of fused-ring (bicyclic) bond motifs is 1. The summed E-state index contributed by atoms with van der Waals surface area (Å²) in [5.74, 6) is -0.638. The molecule has 0 aliphatic carbocycles. The molecule has 0 saturated heterocycles. The zero-order valence-electron chi connectivity index (χ0n) is 15.2. The molecule has 1 amide bonds. The summed E-state index contributed by atoms with van der Waals surface area (Å²) in [7, 11) is 0. The molecule has 0 aliphatic heterocycles. The zero-order valence-corrected chi connectivity index (χ0v) is 16.8. The van der Waals surface area contributed by atoms with Crippen molar-refractivity contribution in [3.05, 3.63) is 70.3 Å². The van der Waals surface area contributed by atoms with Crippen molar-refractivity contribution in [1.82, 2.24) is 9.97 Å². The Kier molecular flexibility index (Phi) is 4.85. The van der Waals surface area contributed by atoms with E-state index in [4.69, 9.17) is 0 Å². The van der Waals surface area contributed by atoms with Crippen LogP contribution in [0, 0.1) is 6.92 Å². The third-order valence-corrected chi connectivity index (χ3v) is 4.94. The second-order valence-corrected chi connectivity index (χ2v) is 7.28. The molecule has 0 fully saturated rings. The molecule has 2 aromatic heterocycles. The minimum atomic E-state index is -0.581. The normalized spacial score (nSPS) is 11.4. The number of pyridine rings is 1. The van der Waals surface area contributed by atoms with E-state index < -0.39 is 5.91 Å². The molecule has 0 radical (unpaired) electrons. The molecule has 0 aliphatic rings. The Hall–Kier alpha value is -3.52. The van der Waals surface area contributed by atoms with Crippen LogP contribution in [-0.4, -0.2) is 26.1 Å². The summed E-state index contributed by atoms with van der Waals surface area (Å²) in [6, 6.07) is 15.5. The Labute approximate surface area is 173 Å². The van der Waals surface area contributed by atoms with Gasteiger partial charge in [0, 0.05) is 15.4 Å². The number of para-hydroxylation sites is 1. The van der Waals surface area contributed by atoms with E-state index in [1.165, 1.54) is 0 Å². The van der Waals surface area contributed by atoms with E-state index in [9.17, 15) is 15.0 Å². The number of hydrogen-bond acceptors (Lipinski definition) is 5.